The molecule has 0 atom stereocenters. The van der Waals surface area contributed by atoms with Crippen LogP contribution in [0.15, 0.2) is 47.3 Å². The molecule has 1 N–H and O–H groups in total. The molecule has 40 heavy (non-hydrogen) atoms. The SMILES string of the molecule is COCCn1ncc2cc(NC(=O)c3coc(-c4ccnc(C)c4)n3)c(N3CCC(CS(=O)(=O)OC)CC3)cc21. The van der Waals surface area contributed by atoms with Crippen molar-refractivity contribution in [2.24, 2.45) is 5.92 Å². The molecule has 1 fully saturated rings. The molecule has 3 aromatic heterocycles. The number of hydrogen-bond acceptors (Lipinski definition) is 10. The summed E-state index contributed by atoms with van der Waals surface area (Å²) in [7, 11) is -0.696. The number of piperidine rings is 1. The average molecular weight is 569 g/mol. The lowest BCUT2D eigenvalue weighted by Gasteiger charge is -2.34. The van der Waals surface area contributed by atoms with Gasteiger partial charge in [-0.3, -0.25) is 18.6 Å². The van der Waals surface area contributed by atoms with Crippen LogP contribution in [0.5, 0.6) is 0 Å². The van der Waals surface area contributed by atoms with Crippen molar-refractivity contribution in [2.45, 2.75) is 26.3 Å². The maximum Gasteiger partial charge on any atom is 0.277 e. The Hall–Kier alpha value is -3.81. The Morgan fingerprint density at radius 3 is 2.73 bits per heavy atom. The number of aryl methyl sites for hydroxylation is 1. The zero-order valence-electron chi connectivity index (χ0n) is 22.7. The summed E-state index contributed by atoms with van der Waals surface area (Å²) < 4.78 is 41.3. The summed E-state index contributed by atoms with van der Waals surface area (Å²) in [5, 5.41) is 8.37. The number of rotatable bonds is 10. The highest BCUT2D eigenvalue weighted by Crippen LogP contribution is 2.35. The number of amides is 1. The monoisotopic (exact) mass is 568 g/mol. The van der Waals surface area contributed by atoms with Gasteiger partial charge in [-0.05, 0) is 49.9 Å². The molecule has 4 heterocycles. The van der Waals surface area contributed by atoms with Crippen LogP contribution in [-0.4, -0.2) is 73.7 Å². The van der Waals surface area contributed by atoms with Crippen LogP contribution < -0.4 is 10.2 Å². The van der Waals surface area contributed by atoms with Gasteiger partial charge < -0.3 is 19.4 Å². The van der Waals surface area contributed by atoms with Gasteiger partial charge in [-0.15, -0.1) is 0 Å². The first-order chi connectivity index (χ1) is 19.3. The molecule has 212 valence electrons. The van der Waals surface area contributed by atoms with E-state index >= 15 is 0 Å². The number of carbonyl (C=O) groups excluding carboxylic acids is 1. The molecule has 1 amide bonds. The highest BCUT2D eigenvalue weighted by atomic mass is 32.2. The minimum Gasteiger partial charge on any atom is -0.444 e. The molecule has 0 aliphatic carbocycles. The number of methoxy groups -OCH3 is 1. The van der Waals surface area contributed by atoms with Gasteiger partial charge in [-0.25, -0.2) is 4.98 Å². The lowest BCUT2D eigenvalue weighted by atomic mass is 9.98. The van der Waals surface area contributed by atoms with Gasteiger partial charge in [0.2, 0.25) is 5.89 Å². The van der Waals surface area contributed by atoms with E-state index in [2.05, 4.69) is 29.5 Å². The van der Waals surface area contributed by atoms with Gasteiger partial charge in [0.1, 0.15) is 6.26 Å². The Morgan fingerprint density at radius 1 is 1.20 bits per heavy atom. The number of anilines is 2. The van der Waals surface area contributed by atoms with Crippen molar-refractivity contribution in [1.82, 2.24) is 19.7 Å². The number of aromatic nitrogens is 4. The predicted octanol–water partition coefficient (Wildman–Crippen LogP) is 3.49. The number of oxazole rings is 1. The predicted molar refractivity (Wildman–Crippen MR) is 150 cm³/mol. The topological polar surface area (TPSA) is 142 Å². The van der Waals surface area contributed by atoms with Crippen molar-refractivity contribution in [1.29, 1.82) is 0 Å². The van der Waals surface area contributed by atoms with E-state index < -0.39 is 16.0 Å². The van der Waals surface area contributed by atoms with Crippen molar-refractivity contribution < 1.29 is 26.5 Å². The van der Waals surface area contributed by atoms with E-state index in [1.54, 1.807) is 25.6 Å². The molecule has 12 nitrogen and oxygen atoms in total. The van der Waals surface area contributed by atoms with Gasteiger partial charge >= 0.3 is 0 Å². The van der Waals surface area contributed by atoms with E-state index in [0.717, 1.165) is 27.8 Å². The summed E-state index contributed by atoms with van der Waals surface area (Å²) in [6, 6.07) is 7.51. The summed E-state index contributed by atoms with van der Waals surface area (Å²) in [5.41, 5.74) is 4.03. The van der Waals surface area contributed by atoms with Gasteiger partial charge in [0, 0.05) is 43.0 Å². The fraction of sp³-hybridized carbons (Fsp3) is 0.407. The second-order valence-corrected chi connectivity index (χ2v) is 11.6. The first kappa shape index (κ1) is 27.7. The van der Waals surface area contributed by atoms with Crippen LogP contribution in [0.4, 0.5) is 11.4 Å². The zero-order chi connectivity index (χ0) is 28.3. The third-order valence-electron chi connectivity index (χ3n) is 7.04. The van der Waals surface area contributed by atoms with Crippen LogP contribution in [0, 0.1) is 12.8 Å². The molecule has 0 bridgehead atoms. The Labute approximate surface area is 232 Å². The number of nitrogens with zero attached hydrogens (tertiary/aromatic N) is 5. The van der Waals surface area contributed by atoms with Crippen LogP contribution in [0.3, 0.4) is 0 Å². The first-order valence-electron chi connectivity index (χ1n) is 13.0. The third-order valence-corrected chi connectivity index (χ3v) is 8.43. The fourth-order valence-electron chi connectivity index (χ4n) is 4.91. The van der Waals surface area contributed by atoms with Crippen LogP contribution in [0.1, 0.15) is 29.0 Å². The smallest absolute Gasteiger partial charge is 0.277 e. The number of benzene rings is 1. The summed E-state index contributed by atoms with van der Waals surface area (Å²) >= 11 is 0. The third kappa shape index (κ3) is 6.16. The number of hydrogen-bond donors (Lipinski definition) is 1. The number of carbonyl (C=O) groups is 1. The van der Waals surface area contributed by atoms with E-state index in [0.29, 0.717) is 50.7 Å². The normalized spacial score (nSPS) is 14.6. The minimum absolute atomic E-state index is 0.000535. The molecule has 13 heteroatoms. The number of pyridine rings is 1. The minimum atomic E-state index is -3.53. The summed E-state index contributed by atoms with van der Waals surface area (Å²) in [5.74, 6) is -0.0801. The van der Waals surface area contributed by atoms with Gasteiger partial charge in [-0.1, -0.05) is 0 Å². The van der Waals surface area contributed by atoms with Crippen LogP contribution >= 0.6 is 0 Å². The summed E-state index contributed by atoms with van der Waals surface area (Å²) in [6.07, 6.45) is 6.11. The van der Waals surface area contributed by atoms with Gasteiger partial charge in [-0.2, -0.15) is 13.5 Å². The van der Waals surface area contributed by atoms with E-state index in [-0.39, 0.29) is 17.4 Å². The highest BCUT2D eigenvalue weighted by molar-refractivity contribution is 7.86. The van der Waals surface area contributed by atoms with Crippen molar-refractivity contribution in [2.75, 3.05) is 49.9 Å². The maximum absolute atomic E-state index is 13.3. The van der Waals surface area contributed by atoms with Crippen molar-refractivity contribution in [3.8, 4) is 11.5 Å². The zero-order valence-corrected chi connectivity index (χ0v) is 23.5. The van der Waals surface area contributed by atoms with E-state index in [4.69, 9.17) is 9.15 Å². The number of fused-ring (bicyclic) bond motifs is 1. The molecule has 0 spiro atoms. The fourth-order valence-corrected chi connectivity index (χ4v) is 5.95. The summed E-state index contributed by atoms with van der Waals surface area (Å²) in [6.45, 7) is 4.21. The molecule has 1 aliphatic rings. The second kappa shape index (κ2) is 11.7. The van der Waals surface area contributed by atoms with Crippen molar-refractivity contribution in [3.05, 3.63) is 54.3 Å². The van der Waals surface area contributed by atoms with E-state index in [9.17, 15) is 13.2 Å². The quantitative estimate of drug-likeness (QED) is 0.283. The molecule has 0 unspecified atom stereocenters. The number of nitrogens with one attached hydrogen (secondary N) is 1. The first-order valence-corrected chi connectivity index (χ1v) is 14.6. The Balaban J connectivity index is 1.41. The Kier molecular flexibility index (Phi) is 8.14. The van der Waals surface area contributed by atoms with Crippen molar-refractivity contribution >= 4 is 38.3 Å². The second-order valence-electron chi connectivity index (χ2n) is 9.79. The van der Waals surface area contributed by atoms with Crippen LogP contribution in [0.2, 0.25) is 0 Å². The largest absolute Gasteiger partial charge is 0.444 e. The lowest BCUT2D eigenvalue weighted by molar-refractivity contribution is 0.102. The molecule has 1 aromatic carbocycles. The molecule has 1 saturated heterocycles. The van der Waals surface area contributed by atoms with Gasteiger partial charge in [0.05, 0.1) is 49.1 Å². The van der Waals surface area contributed by atoms with Crippen LogP contribution in [-0.2, 0) is 25.6 Å². The number of ether oxygens (including phenoxy) is 1. The average Bonchev–Trinajstić information content (AvgIpc) is 3.59. The summed E-state index contributed by atoms with van der Waals surface area (Å²) in [4.78, 5) is 24.0. The molecular weight excluding hydrogens is 536 g/mol. The van der Waals surface area contributed by atoms with E-state index in [1.807, 2.05) is 29.8 Å². The maximum atomic E-state index is 13.3. The van der Waals surface area contributed by atoms with E-state index in [1.165, 1.54) is 13.4 Å². The van der Waals surface area contributed by atoms with Gasteiger partial charge in [0.25, 0.3) is 16.0 Å². The van der Waals surface area contributed by atoms with Crippen molar-refractivity contribution in [3.63, 3.8) is 0 Å². The molecular formula is C27H32N6O6S. The molecule has 4 aromatic rings. The molecule has 1 aliphatic heterocycles. The van der Waals surface area contributed by atoms with Crippen LogP contribution in [0.25, 0.3) is 22.4 Å². The van der Waals surface area contributed by atoms with Gasteiger partial charge in [0.15, 0.2) is 5.69 Å². The standard InChI is InChI=1S/C27H32N6O6S/c1-18-12-20(4-7-28-18)27-31-23(16-39-27)26(34)30-22-13-21-15-29-33(10-11-37-2)24(21)14-25(22)32-8-5-19(6-9-32)17-40(35,36)38-3/h4,7,12-16,19H,5-6,8-11,17H2,1-3H3,(H,30,34). The Morgan fingerprint density at radius 2 is 2.00 bits per heavy atom. The molecule has 0 radical (unpaired) electrons. The molecule has 0 saturated carbocycles. The Bertz CT molecular complexity index is 1610. The molecule has 5 rings (SSSR count). The lowest BCUT2D eigenvalue weighted by Crippen LogP contribution is -2.36. The highest BCUT2D eigenvalue weighted by Gasteiger charge is 2.27.